The van der Waals surface area contributed by atoms with Crippen LogP contribution in [0.2, 0.25) is 0 Å². The first-order chi connectivity index (χ1) is 10.1. The Labute approximate surface area is 124 Å². The van der Waals surface area contributed by atoms with Gasteiger partial charge < -0.3 is 14.6 Å². The summed E-state index contributed by atoms with van der Waals surface area (Å²) in [6.07, 6.45) is 3.14. The van der Waals surface area contributed by atoms with Crippen molar-refractivity contribution in [1.29, 1.82) is 0 Å². The molecule has 1 unspecified atom stereocenters. The molecule has 1 aromatic carbocycles. The van der Waals surface area contributed by atoms with E-state index in [0.29, 0.717) is 6.54 Å². The van der Waals surface area contributed by atoms with Gasteiger partial charge in [0.2, 0.25) is 0 Å². The smallest absolute Gasteiger partial charge is 0.304 e. The fourth-order valence-corrected chi connectivity index (χ4v) is 3.28. The number of benzene rings is 1. The van der Waals surface area contributed by atoms with Crippen molar-refractivity contribution >= 4 is 5.97 Å². The Morgan fingerprint density at radius 3 is 3.10 bits per heavy atom. The van der Waals surface area contributed by atoms with E-state index < -0.39 is 5.97 Å². The molecule has 1 fully saturated rings. The molecule has 2 aliphatic heterocycles. The lowest BCUT2D eigenvalue weighted by molar-refractivity contribution is -0.137. The number of methoxy groups -OCH3 is 1. The van der Waals surface area contributed by atoms with Gasteiger partial charge in [-0.15, -0.1) is 0 Å². The van der Waals surface area contributed by atoms with Gasteiger partial charge in [-0.05, 0) is 36.6 Å². The minimum absolute atomic E-state index is 0.139. The van der Waals surface area contributed by atoms with Crippen molar-refractivity contribution < 1.29 is 19.4 Å². The maximum absolute atomic E-state index is 10.7. The highest BCUT2D eigenvalue weighted by Crippen LogP contribution is 2.39. The highest BCUT2D eigenvalue weighted by molar-refractivity contribution is 5.66. The standard InChI is InChI=1S/C16H21NO4/c1-20-13-2-3-14-12(10-13)4-6-16(21-14)7-9-17(11-16)8-5-15(18)19/h2-3,10H,4-9,11H2,1H3,(H,18,19). The Balaban J connectivity index is 1.67. The molecule has 1 N–H and O–H groups in total. The maximum Gasteiger partial charge on any atom is 0.304 e. The summed E-state index contributed by atoms with van der Waals surface area (Å²) in [5, 5.41) is 8.79. The topological polar surface area (TPSA) is 59.0 Å². The number of carboxylic acids is 1. The molecule has 1 aromatic rings. The van der Waals surface area contributed by atoms with Crippen molar-refractivity contribution in [1.82, 2.24) is 4.90 Å². The fourth-order valence-electron chi connectivity index (χ4n) is 3.28. The molecular formula is C16H21NO4. The second-order valence-electron chi connectivity index (χ2n) is 5.93. The Hall–Kier alpha value is -1.75. The summed E-state index contributed by atoms with van der Waals surface area (Å²) in [6.45, 7) is 2.35. The van der Waals surface area contributed by atoms with Gasteiger partial charge in [0.1, 0.15) is 17.1 Å². The molecule has 1 atom stereocenters. The summed E-state index contributed by atoms with van der Waals surface area (Å²) in [7, 11) is 1.67. The number of hydrogen-bond donors (Lipinski definition) is 1. The third-order valence-corrected chi connectivity index (χ3v) is 4.48. The lowest BCUT2D eigenvalue weighted by atomic mass is 9.90. The molecule has 1 spiro atoms. The normalized spacial score (nSPS) is 24.6. The van der Waals surface area contributed by atoms with Crippen molar-refractivity contribution in [2.45, 2.75) is 31.3 Å². The number of hydrogen-bond acceptors (Lipinski definition) is 4. The predicted octanol–water partition coefficient (Wildman–Crippen LogP) is 1.94. The van der Waals surface area contributed by atoms with E-state index in [0.717, 1.165) is 43.9 Å². The van der Waals surface area contributed by atoms with Crippen LogP contribution >= 0.6 is 0 Å². The van der Waals surface area contributed by atoms with Gasteiger partial charge in [0.15, 0.2) is 0 Å². The molecule has 1 saturated heterocycles. The SMILES string of the molecule is COc1ccc2c(c1)CCC1(CCN(CCC(=O)O)C1)O2. The van der Waals surface area contributed by atoms with Crippen LogP contribution in [0.15, 0.2) is 18.2 Å². The van der Waals surface area contributed by atoms with Crippen LogP contribution in [-0.2, 0) is 11.2 Å². The Morgan fingerprint density at radius 1 is 1.48 bits per heavy atom. The molecule has 5 heteroatoms. The van der Waals surface area contributed by atoms with Gasteiger partial charge in [0, 0.05) is 26.1 Å². The van der Waals surface area contributed by atoms with E-state index in [4.69, 9.17) is 14.6 Å². The molecule has 0 aromatic heterocycles. The molecule has 2 heterocycles. The van der Waals surface area contributed by atoms with Crippen LogP contribution in [0.1, 0.15) is 24.8 Å². The first kappa shape index (κ1) is 14.2. The monoisotopic (exact) mass is 291 g/mol. The molecule has 2 aliphatic rings. The average Bonchev–Trinajstić information content (AvgIpc) is 2.87. The van der Waals surface area contributed by atoms with E-state index in [-0.39, 0.29) is 12.0 Å². The number of carboxylic acid groups (broad SMARTS) is 1. The highest BCUT2D eigenvalue weighted by Gasteiger charge is 2.42. The molecule has 0 amide bonds. The lowest BCUT2D eigenvalue weighted by Crippen LogP contribution is -2.42. The predicted molar refractivity (Wildman–Crippen MR) is 78.0 cm³/mol. The van der Waals surface area contributed by atoms with Crippen LogP contribution in [0.3, 0.4) is 0 Å². The summed E-state index contributed by atoms with van der Waals surface area (Å²) in [4.78, 5) is 12.9. The zero-order valence-corrected chi connectivity index (χ0v) is 12.3. The molecule has 0 saturated carbocycles. The molecule has 21 heavy (non-hydrogen) atoms. The summed E-state index contributed by atoms with van der Waals surface area (Å²) < 4.78 is 11.5. The van der Waals surface area contributed by atoms with Gasteiger partial charge in [0.05, 0.1) is 13.5 Å². The van der Waals surface area contributed by atoms with E-state index >= 15 is 0 Å². The van der Waals surface area contributed by atoms with E-state index in [1.54, 1.807) is 7.11 Å². The van der Waals surface area contributed by atoms with Crippen LogP contribution in [-0.4, -0.2) is 48.3 Å². The van der Waals surface area contributed by atoms with Crippen molar-refractivity contribution in [2.24, 2.45) is 0 Å². The lowest BCUT2D eigenvalue weighted by Gasteiger charge is -2.36. The second kappa shape index (κ2) is 5.56. The first-order valence-corrected chi connectivity index (χ1v) is 7.40. The number of ether oxygens (including phenoxy) is 2. The zero-order valence-electron chi connectivity index (χ0n) is 12.3. The number of likely N-dealkylation sites (tertiary alicyclic amines) is 1. The fraction of sp³-hybridized carbons (Fsp3) is 0.562. The van der Waals surface area contributed by atoms with Crippen molar-refractivity contribution in [3.63, 3.8) is 0 Å². The molecular weight excluding hydrogens is 270 g/mol. The Bertz CT molecular complexity index is 545. The third kappa shape index (κ3) is 2.97. The number of rotatable bonds is 4. The van der Waals surface area contributed by atoms with Crippen LogP contribution in [0.25, 0.3) is 0 Å². The van der Waals surface area contributed by atoms with Gasteiger partial charge >= 0.3 is 5.97 Å². The minimum Gasteiger partial charge on any atom is -0.497 e. The van der Waals surface area contributed by atoms with Gasteiger partial charge in [-0.1, -0.05) is 0 Å². The summed E-state index contributed by atoms with van der Waals surface area (Å²) in [5.74, 6) is 1.07. The Morgan fingerprint density at radius 2 is 2.33 bits per heavy atom. The van der Waals surface area contributed by atoms with Crippen molar-refractivity contribution in [2.75, 3.05) is 26.7 Å². The zero-order chi connectivity index (χ0) is 14.9. The van der Waals surface area contributed by atoms with E-state index in [1.807, 2.05) is 18.2 Å². The largest absolute Gasteiger partial charge is 0.497 e. The van der Waals surface area contributed by atoms with Crippen LogP contribution in [0, 0.1) is 0 Å². The first-order valence-electron chi connectivity index (χ1n) is 7.40. The van der Waals surface area contributed by atoms with Crippen LogP contribution in [0.4, 0.5) is 0 Å². The highest BCUT2D eigenvalue weighted by atomic mass is 16.5. The number of fused-ring (bicyclic) bond motifs is 1. The number of aryl methyl sites for hydroxylation is 1. The quantitative estimate of drug-likeness (QED) is 0.918. The van der Waals surface area contributed by atoms with E-state index in [2.05, 4.69) is 4.90 Å². The third-order valence-electron chi connectivity index (χ3n) is 4.48. The van der Waals surface area contributed by atoms with Gasteiger partial charge in [-0.25, -0.2) is 0 Å². The number of carbonyl (C=O) groups is 1. The van der Waals surface area contributed by atoms with Gasteiger partial charge in [-0.3, -0.25) is 9.69 Å². The molecule has 0 bridgehead atoms. The van der Waals surface area contributed by atoms with Crippen LogP contribution in [0.5, 0.6) is 11.5 Å². The molecule has 0 aliphatic carbocycles. The van der Waals surface area contributed by atoms with E-state index in [9.17, 15) is 4.79 Å². The van der Waals surface area contributed by atoms with Crippen molar-refractivity contribution in [3.05, 3.63) is 23.8 Å². The molecule has 3 rings (SSSR count). The minimum atomic E-state index is -0.738. The average molecular weight is 291 g/mol. The van der Waals surface area contributed by atoms with Crippen LogP contribution < -0.4 is 9.47 Å². The van der Waals surface area contributed by atoms with Crippen molar-refractivity contribution in [3.8, 4) is 11.5 Å². The summed E-state index contributed by atoms with van der Waals surface area (Å²) in [5.41, 5.74) is 1.06. The summed E-state index contributed by atoms with van der Waals surface area (Å²) >= 11 is 0. The summed E-state index contributed by atoms with van der Waals surface area (Å²) in [6, 6.07) is 5.95. The van der Waals surface area contributed by atoms with Gasteiger partial charge in [-0.2, -0.15) is 0 Å². The van der Waals surface area contributed by atoms with Gasteiger partial charge in [0.25, 0.3) is 0 Å². The number of nitrogens with zero attached hydrogens (tertiary/aromatic N) is 1. The second-order valence-corrected chi connectivity index (χ2v) is 5.93. The number of aliphatic carboxylic acids is 1. The molecule has 5 nitrogen and oxygen atoms in total. The maximum atomic E-state index is 10.7. The molecule has 0 radical (unpaired) electrons. The molecule has 114 valence electrons. The van der Waals surface area contributed by atoms with E-state index in [1.165, 1.54) is 5.56 Å². The Kier molecular flexibility index (Phi) is 3.76.